The van der Waals surface area contributed by atoms with E-state index >= 15 is 0 Å². The molecule has 0 radical (unpaired) electrons. The van der Waals surface area contributed by atoms with E-state index in [1.54, 1.807) is 20.3 Å². The number of fused-ring (bicyclic) bond motifs is 1. The van der Waals surface area contributed by atoms with Gasteiger partial charge in [-0.3, -0.25) is 9.20 Å². The Morgan fingerprint density at radius 3 is 2.65 bits per heavy atom. The molecule has 8 nitrogen and oxygen atoms in total. The van der Waals surface area contributed by atoms with Crippen LogP contribution in [0.15, 0.2) is 46.9 Å². The van der Waals surface area contributed by atoms with Crippen LogP contribution in [0.2, 0.25) is 5.15 Å². The molecule has 2 fully saturated rings. The highest BCUT2D eigenvalue weighted by molar-refractivity contribution is 7.89. The number of piperidine rings is 1. The predicted molar refractivity (Wildman–Crippen MR) is 131 cm³/mol. The number of thiazole rings is 1. The number of para-hydroxylation sites is 1. The van der Waals surface area contributed by atoms with Crippen LogP contribution in [0.4, 0.5) is 0 Å². The highest BCUT2D eigenvalue weighted by Gasteiger charge is 2.46. The van der Waals surface area contributed by atoms with Crippen molar-refractivity contribution in [3.63, 3.8) is 0 Å². The molecule has 0 atom stereocenters. The van der Waals surface area contributed by atoms with E-state index in [-0.39, 0.29) is 21.5 Å². The standard InChI is InChI=1S/C23H27ClN4O4S2/c24-20-21(28-14-16-33-22(28)25-20)34(30,31)27-13-10-23(17-27)8-11-26(12-9-23)19(29)7-4-15-32-18-5-2-1-3-6-18/h1-3,5-6,14,16H,4,7-13,15,17H2. The van der Waals surface area contributed by atoms with Crippen molar-refractivity contribution in [3.05, 3.63) is 47.1 Å². The number of imidazole rings is 1. The molecule has 3 aromatic rings. The van der Waals surface area contributed by atoms with Crippen molar-refractivity contribution >= 4 is 43.8 Å². The summed E-state index contributed by atoms with van der Waals surface area (Å²) >= 11 is 7.56. The van der Waals surface area contributed by atoms with Gasteiger partial charge in [-0.2, -0.15) is 4.31 Å². The molecule has 0 bridgehead atoms. The van der Waals surface area contributed by atoms with E-state index in [9.17, 15) is 13.2 Å². The fourth-order valence-electron chi connectivity index (χ4n) is 4.92. The summed E-state index contributed by atoms with van der Waals surface area (Å²) in [7, 11) is -3.75. The van der Waals surface area contributed by atoms with Gasteiger partial charge in [0.15, 0.2) is 15.1 Å². The van der Waals surface area contributed by atoms with E-state index in [2.05, 4.69) is 4.98 Å². The van der Waals surface area contributed by atoms with Crippen molar-refractivity contribution in [2.24, 2.45) is 5.41 Å². The molecule has 2 aliphatic rings. The third kappa shape index (κ3) is 4.56. The second kappa shape index (κ2) is 9.49. The largest absolute Gasteiger partial charge is 0.494 e. The number of rotatable bonds is 7. The summed E-state index contributed by atoms with van der Waals surface area (Å²) in [4.78, 5) is 19.3. The highest BCUT2D eigenvalue weighted by atomic mass is 35.5. The predicted octanol–water partition coefficient (Wildman–Crippen LogP) is 3.91. The van der Waals surface area contributed by atoms with Crippen LogP contribution in [0, 0.1) is 5.41 Å². The lowest BCUT2D eigenvalue weighted by atomic mass is 9.78. The molecule has 4 heterocycles. The number of hydrogen-bond donors (Lipinski definition) is 0. The molecule has 0 saturated carbocycles. The summed E-state index contributed by atoms with van der Waals surface area (Å²) in [5, 5.41) is 1.86. The molecule has 5 rings (SSSR count). The minimum absolute atomic E-state index is 0.0180. The molecule has 0 N–H and O–H groups in total. The van der Waals surface area contributed by atoms with Crippen molar-refractivity contribution in [2.75, 3.05) is 32.8 Å². The summed E-state index contributed by atoms with van der Waals surface area (Å²) in [6.45, 7) is 2.74. The van der Waals surface area contributed by atoms with Crippen molar-refractivity contribution in [2.45, 2.75) is 37.1 Å². The van der Waals surface area contributed by atoms with Gasteiger partial charge in [0, 0.05) is 44.2 Å². The Balaban J connectivity index is 1.14. The van der Waals surface area contributed by atoms with Crippen LogP contribution in [0.1, 0.15) is 32.1 Å². The smallest absolute Gasteiger partial charge is 0.262 e. The first-order valence-corrected chi connectivity index (χ1v) is 14.1. The lowest BCUT2D eigenvalue weighted by molar-refractivity contribution is -0.133. The maximum absolute atomic E-state index is 13.4. The first-order valence-electron chi connectivity index (χ1n) is 11.4. The zero-order valence-corrected chi connectivity index (χ0v) is 21.1. The summed E-state index contributed by atoms with van der Waals surface area (Å²) in [6, 6.07) is 9.59. The van der Waals surface area contributed by atoms with E-state index in [4.69, 9.17) is 16.3 Å². The lowest BCUT2D eigenvalue weighted by Crippen LogP contribution is -2.44. The molecule has 1 amide bonds. The monoisotopic (exact) mass is 522 g/mol. The Morgan fingerprint density at radius 2 is 1.88 bits per heavy atom. The molecule has 11 heteroatoms. The number of hydrogen-bond acceptors (Lipinski definition) is 6. The molecular weight excluding hydrogens is 496 g/mol. The van der Waals surface area contributed by atoms with Gasteiger partial charge in [-0.25, -0.2) is 13.4 Å². The normalized spacial score (nSPS) is 18.7. The number of amides is 1. The van der Waals surface area contributed by atoms with Crippen LogP contribution < -0.4 is 4.74 Å². The van der Waals surface area contributed by atoms with Gasteiger partial charge < -0.3 is 9.64 Å². The number of aromatic nitrogens is 2. The summed E-state index contributed by atoms with van der Waals surface area (Å²) in [5.74, 6) is 0.951. The van der Waals surface area contributed by atoms with Crippen molar-refractivity contribution < 1.29 is 17.9 Å². The van der Waals surface area contributed by atoms with Gasteiger partial charge >= 0.3 is 0 Å². The Labute approximate surface area is 208 Å². The van der Waals surface area contributed by atoms with E-state index in [0.717, 1.165) is 25.0 Å². The van der Waals surface area contributed by atoms with E-state index in [0.29, 0.717) is 50.6 Å². The molecule has 0 aliphatic carbocycles. The molecule has 1 spiro atoms. The second-order valence-corrected chi connectivity index (χ2v) is 12.1. The zero-order valence-electron chi connectivity index (χ0n) is 18.7. The molecule has 1 aromatic carbocycles. The topological polar surface area (TPSA) is 84.2 Å². The molecular formula is C23H27ClN4O4S2. The van der Waals surface area contributed by atoms with Gasteiger partial charge in [0.1, 0.15) is 5.75 Å². The maximum atomic E-state index is 13.4. The first-order chi connectivity index (χ1) is 16.4. The minimum Gasteiger partial charge on any atom is -0.494 e. The fraction of sp³-hybridized carbons (Fsp3) is 0.478. The maximum Gasteiger partial charge on any atom is 0.262 e. The first kappa shape index (κ1) is 23.6. The van der Waals surface area contributed by atoms with Crippen molar-refractivity contribution in [1.82, 2.24) is 18.6 Å². The molecule has 2 saturated heterocycles. The number of carbonyl (C=O) groups excluding carboxylic acids is 1. The Hall–Kier alpha value is -2.14. The molecule has 34 heavy (non-hydrogen) atoms. The summed E-state index contributed by atoms with van der Waals surface area (Å²) in [5.41, 5.74) is -0.0921. The fourth-order valence-corrected chi connectivity index (χ4v) is 7.88. The van der Waals surface area contributed by atoms with Crippen LogP contribution in [0.3, 0.4) is 0 Å². The van der Waals surface area contributed by atoms with Crippen LogP contribution >= 0.6 is 22.9 Å². The van der Waals surface area contributed by atoms with Crippen LogP contribution in [-0.4, -0.2) is 65.7 Å². The third-order valence-electron chi connectivity index (χ3n) is 6.89. The Kier molecular flexibility index (Phi) is 6.58. The average Bonchev–Trinajstić information content (AvgIpc) is 3.53. The number of carbonyl (C=O) groups is 1. The number of sulfonamides is 1. The average molecular weight is 523 g/mol. The Morgan fingerprint density at radius 1 is 1.15 bits per heavy atom. The summed E-state index contributed by atoms with van der Waals surface area (Å²) < 4.78 is 35.5. The molecule has 2 aliphatic heterocycles. The van der Waals surface area contributed by atoms with Crippen molar-refractivity contribution in [1.29, 1.82) is 0 Å². The van der Waals surface area contributed by atoms with Crippen LogP contribution in [0.25, 0.3) is 4.96 Å². The van der Waals surface area contributed by atoms with Gasteiger partial charge in [0.25, 0.3) is 10.0 Å². The van der Waals surface area contributed by atoms with Crippen LogP contribution in [-0.2, 0) is 14.8 Å². The van der Waals surface area contributed by atoms with E-state index in [1.165, 1.54) is 11.3 Å². The minimum atomic E-state index is -3.75. The molecule has 182 valence electrons. The number of benzene rings is 1. The van der Waals surface area contributed by atoms with Gasteiger partial charge in [0.2, 0.25) is 5.91 Å². The molecule has 0 unspecified atom stereocenters. The van der Waals surface area contributed by atoms with Gasteiger partial charge in [-0.05, 0) is 43.2 Å². The number of nitrogens with zero attached hydrogens (tertiary/aromatic N) is 4. The SMILES string of the molecule is O=C(CCCOc1ccccc1)N1CCC2(CC1)CCN(S(=O)(=O)c1c(Cl)nc3sccn13)C2. The van der Waals surface area contributed by atoms with Gasteiger partial charge in [0.05, 0.1) is 6.61 Å². The quantitative estimate of drug-likeness (QED) is 0.439. The Bertz CT molecular complexity index is 1270. The second-order valence-electron chi connectivity index (χ2n) is 9.00. The van der Waals surface area contributed by atoms with E-state index < -0.39 is 10.0 Å². The number of likely N-dealkylation sites (tertiary alicyclic amines) is 1. The molecule has 2 aromatic heterocycles. The number of ether oxygens (including phenoxy) is 1. The lowest BCUT2D eigenvalue weighted by Gasteiger charge is -2.39. The highest BCUT2D eigenvalue weighted by Crippen LogP contribution is 2.43. The van der Waals surface area contributed by atoms with Crippen molar-refractivity contribution in [3.8, 4) is 5.75 Å². The van der Waals surface area contributed by atoms with Gasteiger partial charge in [-0.15, -0.1) is 11.3 Å². The van der Waals surface area contributed by atoms with Gasteiger partial charge in [-0.1, -0.05) is 29.8 Å². The third-order valence-corrected chi connectivity index (χ3v) is 9.89. The zero-order chi connectivity index (χ0) is 23.8. The van der Waals surface area contributed by atoms with Crippen LogP contribution in [0.5, 0.6) is 5.75 Å². The number of halogens is 1. The van der Waals surface area contributed by atoms with E-state index in [1.807, 2.05) is 35.2 Å². The summed E-state index contributed by atoms with van der Waals surface area (Å²) in [6.07, 6.45) is 5.22.